The lowest BCUT2D eigenvalue weighted by atomic mass is 9.81. The van der Waals surface area contributed by atoms with Crippen LogP contribution in [-0.2, 0) is 4.79 Å². The molecule has 0 radical (unpaired) electrons. The van der Waals surface area contributed by atoms with E-state index in [2.05, 4.69) is 14.9 Å². The molecule has 0 atom stereocenters. The van der Waals surface area contributed by atoms with Crippen molar-refractivity contribution in [2.45, 2.75) is 26.7 Å². The molecule has 134 valence electrons. The molecule has 0 aliphatic carbocycles. The predicted octanol–water partition coefficient (Wildman–Crippen LogP) is 0.956. The van der Waals surface area contributed by atoms with Crippen molar-refractivity contribution in [1.29, 1.82) is 0 Å². The molecule has 7 heteroatoms. The van der Waals surface area contributed by atoms with E-state index in [1.807, 2.05) is 43.8 Å². The van der Waals surface area contributed by atoms with E-state index >= 15 is 0 Å². The Hall–Kier alpha value is -1.89. The average Bonchev–Trinajstić information content (AvgIpc) is 2.63. The minimum absolute atomic E-state index is 0.200. The van der Waals surface area contributed by atoms with Gasteiger partial charge in [-0.3, -0.25) is 4.79 Å². The van der Waals surface area contributed by atoms with Gasteiger partial charge in [0.2, 0.25) is 11.9 Å². The normalized spacial score (nSPS) is 15.5. The van der Waals surface area contributed by atoms with E-state index in [9.17, 15) is 4.79 Å². The molecule has 1 aliphatic heterocycles. The van der Waals surface area contributed by atoms with Crippen molar-refractivity contribution in [3.05, 3.63) is 12.3 Å². The fourth-order valence-electron chi connectivity index (χ4n) is 3.13. The molecule has 24 heavy (non-hydrogen) atoms. The molecule has 2 N–H and O–H groups in total. The van der Waals surface area contributed by atoms with Crippen LogP contribution in [0, 0.1) is 5.41 Å². The molecule has 1 fully saturated rings. The van der Waals surface area contributed by atoms with Crippen molar-refractivity contribution < 1.29 is 4.79 Å². The zero-order chi connectivity index (χ0) is 17.7. The number of amides is 1. The van der Waals surface area contributed by atoms with E-state index in [1.54, 1.807) is 6.20 Å². The van der Waals surface area contributed by atoms with Gasteiger partial charge < -0.3 is 20.4 Å². The molecule has 0 bridgehead atoms. The third-order valence-corrected chi connectivity index (χ3v) is 5.12. The zero-order valence-corrected chi connectivity index (χ0v) is 15.3. The standard InChI is InChI=1S/C17H30N6O/c1-5-17(6-2,13-18)15(24)23-11-9-22(10-12-23)14-7-8-19-16(20-14)21(3)4/h7-8H,5-6,9-13,18H2,1-4H3. The Balaban J connectivity index is 2.03. The number of nitrogens with zero attached hydrogens (tertiary/aromatic N) is 5. The molecule has 1 aromatic heterocycles. The molecular weight excluding hydrogens is 304 g/mol. The van der Waals surface area contributed by atoms with Crippen LogP contribution in [0.2, 0.25) is 0 Å². The van der Waals surface area contributed by atoms with Crippen LogP contribution in [0.1, 0.15) is 26.7 Å². The SMILES string of the molecule is CCC(CC)(CN)C(=O)N1CCN(c2ccnc(N(C)C)n2)CC1. The van der Waals surface area contributed by atoms with E-state index < -0.39 is 5.41 Å². The van der Waals surface area contributed by atoms with Crippen LogP contribution in [0.3, 0.4) is 0 Å². The maximum Gasteiger partial charge on any atom is 0.230 e. The number of nitrogens with two attached hydrogens (primary N) is 1. The van der Waals surface area contributed by atoms with Crippen LogP contribution >= 0.6 is 0 Å². The van der Waals surface area contributed by atoms with Gasteiger partial charge in [-0.15, -0.1) is 0 Å². The van der Waals surface area contributed by atoms with Gasteiger partial charge in [0.25, 0.3) is 0 Å². The Morgan fingerprint density at radius 3 is 2.38 bits per heavy atom. The van der Waals surface area contributed by atoms with E-state index in [4.69, 9.17) is 5.73 Å². The number of piperazine rings is 1. The van der Waals surface area contributed by atoms with Gasteiger partial charge in [0, 0.05) is 53.0 Å². The van der Waals surface area contributed by atoms with Crippen molar-refractivity contribution in [3.63, 3.8) is 0 Å². The molecule has 1 amide bonds. The first-order valence-electron chi connectivity index (χ1n) is 8.72. The van der Waals surface area contributed by atoms with Crippen molar-refractivity contribution in [2.24, 2.45) is 11.1 Å². The number of rotatable bonds is 6. The summed E-state index contributed by atoms with van der Waals surface area (Å²) in [6.07, 6.45) is 3.36. The van der Waals surface area contributed by atoms with Gasteiger partial charge in [-0.2, -0.15) is 4.98 Å². The molecule has 0 aromatic carbocycles. The molecule has 0 saturated carbocycles. The third-order valence-electron chi connectivity index (χ3n) is 5.12. The number of aromatic nitrogens is 2. The van der Waals surface area contributed by atoms with Crippen molar-refractivity contribution in [3.8, 4) is 0 Å². The Kier molecular flexibility index (Phi) is 5.99. The highest BCUT2D eigenvalue weighted by atomic mass is 16.2. The fraction of sp³-hybridized carbons (Fsp3) is 0.706. The first-order valence-corrected chi connectivity index (χ1v) is 8.72. The number of anilines is 2. The summed E-state index contributed by atoms with van der Waals surface area (Å²) < 4.78 is 0. The van der Waals surface area contributed by atoms with Gasteiger partial charge in [-0.25, -0.2) is 4.98 Å². The van der Waals surface area contributed by atoms with Crippen molar-refractivity contribution in [1.82, 2.24) is 14.9 Å². The van der Waals surface area contributed by atoms with Crippen LogP contribution in [-0.4, -0.2) is 67.6 Å². The predicted molar refractivity (Wildman–Crippen MR) is 97.2 cm³/mol. The summed E-state index contributed by atoms with van der Waals surface area (Å²) in [6.45, 7) is 7.50. The lowest BCUT2D eigenvalue weighted by molar-refractivity contribution is -0.142. The summed E-state index contributed by atoms with van der Waals surface area (Å²) in [5, 5.41) is 0. The van der Waals surface area contributed by atoms with Gasteiger partial charge >= 0.3 is 0 Å². The summed E-state index contributed by atoms with van der Waals surface area (Å²) in [5.41, 5.74) is 5.51. The number of hydrogen-bond acceptors (Lipinski definition) is 6. The Morgan fingerprint density at radius 2 is 1.88 bits per heavy atom. The number of hydrogen-bond donors (Lipinski definition) is 1. The van der Waals surface area contributed by atoms with Gasteiger partial charge in [-0.05, 0) is 18.9 Å². The maximum absolute atomic E-state index is 12.9. The second kappa shape index (κ2) is 7.79. The highest BCUT2D eigenvalue weighted by molar-refractivity contribution is 5.83. The average molecular weight is 334 g/mol. The Bertz CT molecular complexity index is 542. The Labute approximate surface area is 144 Å². The fourth-order valence-corrected chi connectivity index (χ4v) is 3.13. The monoisotopic (exact) mass is 334 g/mol. The molecule has 1 saturated heterocycles. The summed E-state index contributed by atoms with van der Waals surface area (Å²) in [7, 11) is 3.86. The van der Waals surface area contributed by atoms with Crippen LogP contribution in [0.15, 0.2) is 12.3 Å². The maximum atomic E-state index is 12.9. The van der Waals surface area contributed by atoms with Gasteiger partial charge in [0.1, 0.15) is 5.82 Å². The van der Waals surface area contributed by atoms with Crippen LogP contribution in [0.25, 0.3) is 0 Å². The third kappa shape index (κ3) is 3.61. The molecule has 2 heterocycles. The molecule has 0 spiro atoms. The van der Waals surface area contributed by atoms with E-state index in [0.29, 0.717) is 25.6 Å². The molecule has 7 nitrogen and oxygen atoms in total. The highest BCUT2D eigenvalue weighted by Crippen LogP contribution is 2.28. The zero-order valence-electron chi connectivity index (χ0n) is 15.3. The molecule has 0 unspecified atom stereocenters. The summed E-state index contributed by atoms with van der Waals surface area (Å²) >= 11 is 0. The number of carbonyl (C=O) groups excluding carboxylic acids is 1. The summed E-state index contributed by atoms with van der Waals surface area (Å²) in [5.74, 6) is 1.81. The highest BCUT2D eigenvalue weighted by Gasteiger charge is 2.37. The molecular formula is C17H30N6O. The van der Waals surface area contributed by atoms with Crippen LogP contribution in [0.5, 0.6) is 0 Å². The van der Waals surface area contributed by atoms with Gasteiger partial charge in [-0.1, -0.05) is 13.8 Å². The smallest absolute Gasteiger partial charge is 0.230 e. The largest absolute Gasteiger partial charge is 0.353 e. The Morgan fingerprint density at radius 1 is 1.25 bits per heavy atom. The molecule has 1 aliphatic rings. The lowest BCUT2D eigenvalue weighted by Crippen LogP contribution is -2.55. The van der Waals surface area contributed by atoms with E-state index in [0.717, 1.165) is 31.7 Å². The quantitative estimate of drug-likeness (QED) is 0.835. The first-order chi connectivity index (χ1) is 11.5. The minimum atomic E-state index is -0.408. The summed E-state index contributed by atoms with van der Waals surface area (Å²) in [6, 6.07) is 1.92. The number of carbonyl (C=O) groups is 1. The minimum Gasteiger partial charge on any atom is -0.353 e. The topological polar surface area (TPSA) is 78.6 Å². The van der Waals surface area contributed by atoms with E-state index in [1.165, 1.54) is 0 Å². The molecule has 2 rings (SSSR count). The lowest BCUT2D eigenvalue weighted by Gasteiger charge is -2.40. The van der Waals surface area contributed by atoms with Crippen molar-refractivity contribution in [2.75, 3.05) is 56.6 Å². The van der Waals surface area contributed by atoms with E-state index in [-0.39, 0.29) is 5.91 Å². The van der Waals surface area contributed by atoms with Gasteiger partial charge in [0.15, 0.2) is 0 Å². The second-order valence-electron chi connectivity index (χ2n) is 6.58. The second-order valence-corrected chi connectivity index (χ2v) is 6.58. The van der Waals surface area contributed by atoms with Crippen LogP contribution < -0.4 is 15.5 Å². The summed E-state index contributed by atoms with van der Waals surface area (Å²) in [4.78, 5) is 27.8. The van der Waals surface area contributed by atoms with Crippen LogP contribution in [0.4, 0.5) is 11.8 Å². The van der Waals surface area contributed by atoms with Crippen molar-refractivity contribution >= 4 is 17.7 Å². The first kappa shape index (κ1) is 18.4. The van der Waals surface area contributed by atoms with Gasteiger partial charge in [0.05, 0.1) is 5.41 Å². The molecule has 1 aromatic rings.